The molecule has 0 atom stereocenters. The molecule has 0 rings (SSSR count). The van der Waals surface area contributed by atoms with Gasteiger partial charge in [-0.15, -0.1) is 0 Å². The Kier molecular flexibility index (Phi) is 303. The molecule has 2 radical (unpaired) electrons. The van der Waals surface area contributed by atoms with E-state index in [9.17, 15) is 0 Å². The average Bonchev–Trinajstić information content (AvgIpc) is 0. The molecule has 0 aliphatic heterocycles. The number of rotatable bonds is 0. The molecule has 3 nitrogen and oxygen atoms in total. The molecule has 0 aromatic heterocycles. The summed E-state index contributed by atoms with van der Waals surface area (Å²) in [6.45, 7) is 0. The van der Waals surface area contributed by atoms with Crippen molar-refractivity contribution in [3.05, 3.63) is 0 Å². The van der Waals surface area contributed by atoms with Gasteiger partial charge in [-0.05, 0) is 0 Å². The van der Waals surface area contributed by atoms with Crippen molar-refractivity contribution in [2.45, 2.75) is 0 Å². The second-order valence-electron chi connectivity index (χ2n) is 0. The van der Waals surface area contributed by atoms with Gasteiger partial charge in [0.1, 0.15) is 0 Å². The largest absolute Gasteiger partial charge is 3.00 e. The molecule has 0 aromatic carbocycles. The molecule has 0 bridgehead atoms. The van der Waals surface area contributed by atoms with Gasteiger partial charge in [0.25, 0.3) is 0 Å². The monoisotopic (exact) mass is 346 g/mol. The molecule has 30 valence electrons. The van der Waals surface area contributed by atoms with Gasteiger partial charge in [0.15, 0.2) is 0 Å². The van der Waals surface area contributed by atoms with Crippen molar-refractivity contribution in [2.75, 3.05) is 0 Å². The van der Waals surface area contributed by atoms with Crippen LogP contribution < -0.4 is 0 Å². The molecule has 0 heterocycles. The van der Waals surface area contributed by atoms with Gasteiger partial charge in [0.05, 0.1) is 0 Å². The molecule has 0 aliphatic rings. The molecule has 5 heteroatoms. The van der Waals surface area contributed by atoms with Crippen LogP contribution in [0, 0.1) is 81.7 Å². The Morgan fingerprint density at radius 1 is 0.600 bits per heavy atom. The van der Waals surface area contributed by atoms with Crippen LogP contribution in [-0.2, 0) is 16.4 Å². The maximum absolute atomic E-state index is 0. The third kappa shape index (κ3) is 20.7. The van der Waals surface area contributed by atoms with Crippen molar-refractivity contribution in [1.29, 1.82) is 0 Å². The van der Waals surface area contributed by atoms with Crippen molar-refractivity contribution in [2.24, 2.45) is 0 Å². The summed E-state index contributed by atoms with van der Waals surface area (Å²) in [4.78, 5) is 0. The molecule has 5 heavy (non-hydrogen) atoms. The summed E-state index contributed by atoms with van der Waals surface area (Å²) >= 11 is 0. The fraction of sp³-hybridized carbons (Fsp3) is 0. The predicted octanol–water partition coefficient (Wildman–Crippen LogP) is -0.356. The Labute approximate surface area is 95.9 Å². The van der Waals surface area contributed by atoms with Gasteiger partial charge >= 0.3 is 81.7 Å². The summed E-state index contributed by atoms with van der Waals surface area (Å²) in [5.74, 6) is 0. The molecule has 0 saturated heterocycles. The third-order valence-corrected chi connectivity index (χ3v) is 0. The van der Waals surface area contributed by atoms with Crippen molar-refractivity contribution >= 4 is 0 Å². The molecule has 0 amide bonds. The Balaban J connectivity index is 0. The molecule has 0 spiro atoms. The van der Waals surface area contributed by atoms with E-state index >= 15 is 0 Å². The summed E-state index contributed by atoms with van der Waals surface area (Å²) in [5.41, 5.74) is 0. The zero-order valence-corrected chi connectivity index (χ0v) is 7.49. The van der Waals surface area contributed by atoms with Crippen LogP contribution in [0.1, 0.15) is 0 Å². The van der Waals surface area contributed by atoms with Crippen molar-refractivity contribution < 1.29 is 98.1 Å². The SMILES string of the molecule is [Ce+3].[Gd+3].[O-2].[O-2].[O-2]. The first-order chi connectivity index (χ1) is 0. The van der Waals surface area contributed by atoms with Gasteiger partial charge in [-0.2, -0.15) is 0 Å². The predicted molar refractivity (Wildman–Crippen MR) is 2.06 cm³/mol. The smallest absolute Gasteiger partial charge is 2.00 e. The Morgan fingerprint density at radius 3 is 0.600 bits per heavy atom. The maximum Gasteiger partial charge on any atom is 3.00 e. The van der Waals surface area contributed by atoms with Gasteiger partial charge in [0.2, 0.25) is 0 Å². The topological polar surface area (TPSA) is 85.5 Å². The molecule has 0 N–H and O–H groups in total. The first-order valence-electron chi connectivity index (χ1n) is 0. The van der Waals surface area contributed by atoms with Crippen molar-refractivity contribution in [3.63, 3.8) is 0 Å². The maximum atomic E-state index is 0. The van der Waals surface area contributed by atoms with E-state index in [0.29, 0.717) is 0 Å². The fourth-order valence-electron chi connectivity index (χ4n) is 0. The van der Waals surface area contributed by atoms with E-state index in [1.165, 1.54) is 0 Å². The molecular formula is CeGdO3. The zero-order chi connectivity index (χ0) is 0. The Morgan fingerprint density at radius 2 is 0.600 bits per heavy atom. The van der Waals surface area contributed by atoms with Crippen LogP contribution in [0.15, 0.2) is 0 Å². The molecule has 0 fully saturated rings. The molecule has 0 unspecified atom stereocenters. The van der Waals surface area contributed by atoms with E-state index in [1.807, 2.05) is 0 Å². The quantitative estimate of drug-likeness (QED) is 0.574. The van der Waals surface area contributed by atoms with Crippen LogP contribution >= 0.6 is 0 Å². The summed E-state index contributed by atoms with van der Waals surface area (Å²) in [5, 5.41) is 0. The number of hydrogen-bond acceptors (Lipinski definition) is 0. The summed E-state index contributed by atoms with van der Waals surface area (Å²) in [6, 6.07) is 0. The van der Waals surface area contributed by atoms with Crippen LogP contribution in [0.25, 0.3) is 0 Å². The van der Waals surface area contributed by atoms with E-state index in [0.717, 1.165) is 0 Å². The summed E-state index contributed by atoms with van der Waals surface area (Å²) in [6.07, 6.45) is 0. The molecule has 0 saturated carbocycles. The van der Waals surface area contributed by atoms with Gasteiger partial charge < -0.3 is 16.4 Å². The molecule has 0 aromatic rings. The van der Waals surface area contributed by atoms with Gasteiger partial charge in [-0.1, -0.05) is 0 Å². The molecular weight excluding hydrogens is 345 g/mol. The average molecular weight is 345 g/mol. The summed E-state index contributed by atoms with van der Waals surface area (Å²) < 4.78 is 0. The second-order valence-corrected chi connectivity index (χ2v) is 0. The zero-order valence-electron chi connectivity index (χ0n) is 2.08. The third-order valence-electron chi connectivity index (χ3n) is 0. The minimum atomic E-state index is 0. The van der Waals surface area contributed by atoms with Gasteiger partial charge in [0, 0.05) is 0 Å². The Hall–Kier alpha value is 2.58. The van der Waals surface area contributed by atoms with Crippen molar-refractivity contribution in [3.8, 4) is 0 Å². The van der Waals surface area contributed by atoms with E-state index in [-0.39, 0.29) is 98.1 Å². The van der Waals surface area contributed by atoms with Crippen LogP contribution in [0.3, 0.4) is 0 Å². The van der Waals surface area contributed by atoms with Crippen molar-refractivity contribution in [1.82, 2.24) is 0 Å². The van der Waals surface area contributed by atoms with E-state index < -0.39 is 0 Å². The standard InChI is InChI=1S/Ce.Gd.3O/q2*+3;3*-2. The second kappa shape index (κ2) is 30.8. The normalized spacial score (nSPS) is 0. The van der Waals surface area contributed by atoms with Crippen LogP contribution in [0.2, 0.25) is 0 Å². The van der Waals surface area contributed by atoms with Gasteiger partial charge in [-0.25, -0.2) is 0 Å². The van der Waals surface area contributed by atoms with E-state index in [2.05, 4.69) is 0 Å². The Bertz CT molecular complexity index is 6.85. The fourth-order valence-corrected chi connectivity index (χ4v) is 0. The first kappa shape index (κ1) is 49.3. The number of hydrogen-bond donors (Lipinski definition) is 0. The van der Waals surface area contributed by atoms with Crippen LogP contribution in [0.4, 0.5) is 0 Å². The van der Waals surface area contributed by atoms with E-state index in [4.69, 9.17) is 0 Å². The molecule has 0 aliphatic carbocycles. The minimum absolute atomic E-state index is 0. The summed E-state index contributed by atoms with van der Waals surface area (Å²) in [7, 11) is 0. The first-order valence-corrected chi connectivity index (χ1v) is 0. The van der Waals surface area contributed by atoms with Crippen LogP contribution in [0.5, 0.6) is 0 Å². The van der Waals surface area contributed by atoms with E-state index in [1.54, 1.807) is 0 Å². The van der Waals surface area contributed by atoms with Crippen LogP contribution in [-0.4, -0.2) is 0 Å². The van der Waals surface area contributed by atoms with Gasteiger partial charge in [-0.3, -0.25) is 0 Å². The minimum Gasteiger partial charge on any atom is -2.00 e.